The molecule has 0 saturated carbocycles. The second kappa shape index (κ2) is 4.95. The van der Waals surface area contributed by atoms with E-state index in [2.05, 4.69) is 25.6 Å². The maximum absolute atomic E-state index is 4.37. The van der Waals surface area contributed by atoms with Crippen LogP contribution in [0.2, 0.25) is 0 Å². The number of thiazole rings is 1. The fraction of sp³-hybridized carbons (Fsp3) is 0.300. The number of nitrogens with one attached hydrogen (secondary N) is 1. The smallest absolute Gasteiger partial charge is 0.115 e. The van der Waals surface area contributed by atoms with Crippen LogP contribution in [0.1, 0.15) is 16.3 Å². The third-order valence-electron chi connectivity index (χ3n) is 1.92. The first-order valence-electron chi connectivity index (χ1n) is 4.70. The summed E-state index contributed by atoms with van der Waals surface area (Å²) in [7, 11) is 0. The molecule has 2 heterocycles. The lowest BCUT2D eigenvalue weighted by Gasteiger charge is -2.01. The highest BCUT2D eigenvalue weighted by atomic mass is 32.1. The molecule has 0 amide bonds. The van der Waals surface area contributed by atoms with Crippen molar-refractivity contribution in [2.75, 3.05) is 0 Å². The fourth-order valence-corrected chi connectivity index (χ4v) is 1.86. The van der Waals surface area contributed by atoms with Crippen molar-refractivity contribution in [1.82, 2.24) is 20.3 Å². The van der Waals surface area contributed by atoms with Crippen LogP contribution < -0.4 is 5.32 Å². The van der Waals surface area contributed by atoms with Gasteiger partial charge >= 0.3 is 0 Å². The molecule has 5 heteroatoms. The molecule has 0 radical (unpaired) electrons. The topological polar surface area (TPSA) is 50.7 Å². The van der Waals surface area contributed by atoms with E-state index < -0.39 is 0 Å². The minimum Gasteiger partial charge on any atom is -0.307 e. The lowest BCUT2D eigenvalue weighted by Crippen LogP contribution is -2.13. The van der Waals surface area contributed by atoms with Crippen molar-refractivity contribution in [3.05, 3.63) is 40.4 Å². The SMILES string of the molecule is Cc1nc(CNCc2cncnc2)cs1. The van der Waals surface area contributed by atoms with Gasteiger partial charge in [0.05, 0.1) is 10.7 Å². The molecule has 2 aromatic rings. The van der Waals surface area contributed by atoms with Gasteiger partial charge in [-0.1, -0.05) is 0 Å². The van der Waals surface area contributed by atoms with Gasteiger partial charge in [0, 0.05) is 36.4 Å². The van der Waals surface area contributed by atoms with Gasteiger partial charge in [-0.15, -0.1) is 11.3 Å². The lowest BCUT2D eigenvalue weighted by molar-refractivity contribution is 0.677. The van der Waals surface area contributed by atoms with Crippen molar-refractivity contribution in [2.45, 2.75) is 20.0 Å². The average Bonchev–Trinajstić information content (AvgIpc) is 2.66. The van der Waals surface area contributed by atoms with Crippen LogP contribution >= 0.6 is 11.3 Å². The van der Waals surface area contributed by atoms with Crippen molar-refractivity contribution >= 4 is 11.3 Å². The largest absolute Gasteiger partial charge is 0.307 e. The molecular weight excluding hydrogens is 208 g/mol. The second-order valence-corrected chi connectivity index (χ2v) is 4.27. The quantitative estimate of drug-likeness (QED) is 0.849. The zero-order chi connectivity index (χ0) is 10.5. The van der Waals surface area contributed by atoms with Gasteiger partial charge in [-0.05, 0) is 6.92 Å². The van der Waals surface area contributed by atoms with Crippen LogP contribution in [0.4, 0.5) is 0 Å². The van der Waals surface area contributed by atoms with Gasteiger partial charge in [-0.3, -0.25) is 0 Å². The van der Waals surface area contributed by atoms with Gasteiger partial charge in [-0.25, -0.2) is 15.0 Å². The normalized spacial score (nSPS) is 10.5. The molecule has 4 nitrogen and oxygen atoms in total. The molecule has 0 aromatic carbocycles. The summed E-state index contributed by atoms with van der Waals surface area (Å²) in [5.41, 5.74) is 2.18. The van der Waals surface area contributed by atoms with E-state index in [1.54, 1.807) is 11.3 Å². The standard InChI is InChI=1S/C10H12N4S/c1-8-14-10(6-15-8)5-11-2-9-3-12-7-13-4-9/h3-4,6-7,11H,2,5H2,1H3. The summed E-state index contributed by atoms with van der Waals surface area (Å²) in [5.74, 6) is 0. The van der Waals surface area contributed by atoms with Crippen molar-refractivity contribution < 1.29 is 0 Å². The zero-order valence-electron chi connectivity index (χ0n) is 8.47. The van der Waals surface area contributed by atoms with Crippen LogP contribution in [-0.2, 0) is 13.1 Å². The minimum atomic E-state index is 0.775. The van der Waals surface area contributed by atoms with E-state index >= 15 is 0 Å². The van der Waals surface area contributed by atoms with Crippen LogP contribution in [0, 0.1) is 6.92 Å². The van der Waals surface area contributed by atoms with Gasteiger partial charge < -0.3 is 5.32 Å². The second-order valence-electron chi connectivity index (χ2n) is 3.21. The van der Waals surface area contributed by atoms with Gasteiger partial charge in [0.15, 0.2) is 0 Å². The molecule has 2 rings (SSSR count). The summed E-state index contributed by atoms with van der Waals surface area (Å²) in [4.78, 5) is 12.3. The third kappa shape index (κ3) is 3.07. The number of aromatic nitrogens is 3. The Balaban J connectivity index is 1.80. The Kier molecular flexibility index (Phi) is 3.37. The zero-order valence-corrected chi connectivity index (χ0v) is 9.29. The van der Waals surface area contributed by atoms with E-state index in [4.69, 9.17) is 0 Å². The summed E-state index contributed by atoms with van der Waals surface area (Å²) in [6.45, 7) is 3.58. The van der Waals surface area contributed by atoms with E-state index in [0.29, 0.717) is 0 Å². The third-order valence-corrected chi connectivity index (χ3v) is 2.74. The molecule has 2 aromatic heterocycles. The lowest BCUT2D eigenvalue weighted by atomic mass is 10.3. The number of nitrogens with zero attached hydrogens (tertiary/aromatic N) is 3. The highest BCUT2D eigenvalue weighted by molar-refractivity contribution is 7.09. The molecule has 0 atom stereocenters. The van der Waals surface area contributed by atoms with Crippen LogP contribution in [0.5, 0.6) is 0 Å². The van der Waals surface area contributed by atoms with Crippen molar-refractivity contribution in [1.29, 1.82) is 0 Å². The Bertz CT molecular complexity index is 412. The maximum atomic E-state index is 4.37. The van der Waals surface area contributed by atoms with E-state index in [1.165, 1.54) is 6.33 Å². The van der Waals surface area contributed by atoms with Crippen LogP contribution in [0.15, 0.2) is 24.1 Å². The average molecular weight is 220 g/mol. The van der Waals surface area contributed by atoms with Crippen LogP contribution in [0.3, 0.4) is 0 Å². The molecule has 1 N–H and O–H groups in total. The van der Waals surface area contributed by atoms with E-state index in [-0.39, 0.29) is 0 Å². The van der Waals surface area contributed by atoms with Crippen molar-refractivity contribution in [2.24, 2.45) is 0 Å². The first-order chi connectivity index (χ1) is 7.34. The summed E-state index contributed by atoms with van der Waals surface area (Å²) in [6.07, 6.45) is 5.16. The first-order valence-corrected chi connectivity index (χ1v) is 5.58. The molecule has 78 valence electrons. The van der Waals surface area contributed by atoms with Gasteiger partial charge in [0.2, 0.25) is 0 Å². The van der Waals surface area contributed by atoms with Crippen molar-refractivity contribution in [3.8, 4) is 0 Å². The molecule has 15 heavy (non-hydrogen) atoms. The predicted molar refractivity (Wildman–Crippen MR) is 59.4 cm³/mol. The molecule has 0 saturated heterocycles. The highest BCUT2D eigenvalue weighted by Crippen LogP contribution is 2.07. The minimum absolute atomic E-state index is 0.775. The van der Waals surface area contributed by atoms with E-state index in [0.717, 1.165) is 29.4 Å². The Hall–Kier alpha value is -1.33. The number of hydrogen-bond acceptors (Lipinski definition) is 5. The van der Waals surface area contributed by atoms with Crippen molar-refractivity contribution in [3.63, 3.8) is 0 Å². The molecule has 0 unspecified atom stereocenters. The maximum Gasteiger partial charge on any atom is 0.115 e. The molecule has 0 fully saturated rings. The first kappa shape index (κ1) is 10.2. The van der Waals surface area contributed by atoms with Gasteiger partial charge in [0.25, 0.3) is 0 Å². The van der Waals surface area contributed by atoms with Gasteiger partial charge in [-0.2, -0.15) is 0 Å². The Morgan fingerprint density at radius 2 is 2.07 bits per heavy atom. The summed E-state index contributed by atoms with van der Waals surface area (Å²) < 4.78 is 0. The Morgan fingerprint density at radius 1 is 1.27 bits per heavy atom. The molecule has 0 spiro atoms. The molecular formula is C10H12N4S. The predicted octanol–water partition coefficient (Wildman–Crippen LogP) is 1.53. The number of aryl methyl sites for hydroxylation is 1. The molecule has 0 aliphatic rings. The Labute approximate surface area is 92.4 Å². The van der Waals surface area contributed by atoms with Crippen LogP contribution in [0.25, 0.3) is 0 Å². The van der Waals surface area contributed by atoms with E-state index in [9.17, 15) is 0 Å². The Morgan fingerprint density at radius 3 is 2.73 bits per heavy atom. The molecule has 0 bridgehead atoms. The van der Waals surface area contributed by atoms with Gasteiger partial charge in [0.1, 0.15) is 6.33 Å². The molecule has 0 aliphatic carbocycles. The number of hydrogen-bond donors (Lipinski definition) is 1. The monoisotopic (exact) mass is 220 g/mol. The highest BCUT2D eigenvalue weighted by Gasteiger charge is 1.97. The van der Waals surface area contributed by atoms with E-state index in [1.807, 2.05) is 19.3 Å². The summed E-state index contributed by atoms with van der Waals surface area (Å²) in [5, 5.41) is 6.48. The number of rotatable bonds is 4. The fourth-order valence-electron chi connectivity index (χ4n) is 1.25. The van der Waals surface area contributed by atoms with Crippen LogP contribution in [-0.4, -0.2) is 15.0 Å². The summed E-state index contributed by atoms with van der Waals surface area (Å²) >= 11 is 1.67. The molecule has 0 aliphatic heterocycles. The summed E-state index contributed by atoms with van der Waals surface area (Å²) in [6, 6.07) is 0.